The SMILES string of the molecule is CC[C@H](OC(N)=O)C(=O)N1CCN(C(=O)c2ccc(C(F)(F)F)cc2F)CC1. The molecule has 0 spiro atoms. The second-order valence-corrected chi connectivity index (χ2v) is 6.14. The topological polar surface area (TPSA) is 92.9 Å². The Morgan fingerprint density at radius 1 is 1.14 bits per heavy atom. The Bertz CT molecular complexity index is 761. The van der Waals surface area contributed by atoms with Gasteiger partial charge in [-0.25, -0.2) is 9.18 Å². The average molecular weight is 405 g/mol. The second-order valence-electron chi connectivity index (χ2n) is 6.14. The molecule has 1 atom stereocenters. The summed E-state index contributed by atoms with van der Waals surface area (Å²) in [5, 5.41) is 0. The van der Waals surface area contributed by atoms with E-state index < -0.39 is 47.1 Å². The third kappa shape index (κ3) is 4.90. The number of piperazine rings is 1. The van der Waals surface area contributed by atoms with Gasteiger partial charge in [0.1, 0.15) is 5.82 Å². The Kier molecular flexibility index (Phi) is 6.47. The van der Waals surface area contributed by atoms with Gasteiger partial charge in [0, 0.05) is 26.2 Å². The quantitative estimate of drug-likeness (QED) is 0.776. The van der Waals surface area contributed by atoms with Gasteiger partial charge in [-0.05, 0) is 24.6 Å². The highest BCUT2D eigenvalue weighted by molar-refractivity contribution is 5.94. The summed E-state index contributed by atoms with van der Waals surface area (Å²) >= 11 is 0. The third-order valence-electron chi connectivity index (χ3n) is 4.31. The van der Waals surface area contributed by atoms with E-state index in [1.165, 1.54) is 9.80 Å². The summed E-state index contributed by atoms with van der Waals surface area (Å²) in [7, 11) is 0. The van der Waals surface area contributed by atoms with Gasteiger partial charge in [0.2, 0.25) is 0 Å². The summed E-state index contributed by atoms with van der Waals surface area (Å²) in [5.74, 6) is -2.49. The highest BCUT2D eigenvalue weighted by atomic mass is 19.4. The van der Waals surface area contributed by atoms with Gasteiger partial charge in [-0.1, -0.05) is 6.92 Å². The number of nitrogens with zero attached hydrogens (tertiary/aromatic N) is 2. The van der Waals surface area contributed by atoms with E-state index in [4.69, 9.17) is 10.5 Å². The number of halogens is 4. The zero-order valence-corrected chi connectivity index (χ0v) is 15.0. The van der Waals surface area contributed by atoms with Crippen molar-refractivity contribution in [3.8, 4) is 0 Å². The van der Waals surface area contributed by atoms with Crippen molar-refractivity contribution in [1.29, 1.82) is 0 Å². The first-order chi connectivity index (χ1) is 13.0. The van der Waals surface area contributed by atoms with Gasteiger partial charge in [0.15, 0.2) is 6.10 Å². The number of primary amides is 1. The molecule has 154 valence electrons. The van der Waals surface area contributed by atoms with Crippen LogP contribution in [0.4, 0.5) is 22.4 Å². The fraction of sp³-hybridized carbons (Fsp3) is 0.471. The van der Waals surface area contributed by atoms with Crippen molar-refractivity contribution in [3.63, 3.8) is 0 Å². The summed E-state index contributed by atoms with van der Waals surface area (Å²) < 4.78 is 56.6. The largest absolute Gasteiger partial charge is 0.436 e. The van der Waals surface area contributed by atoms with Crippen molar-refractivity contribution in [2.45, 2.75) is 25.6 Å². The van der Waals surface area contributed by atoms with E-state index in [0.29, 0.717) is 6.07 Å². The molecule has 0 bridgehead atoms. The van der Waals surface area contributed by atoms with E-state index in [1.807, 2.05) is 0 Å². The molecule has 2 N–H and O–H groups in total. The first-order valence-electron chi connectivity index (χ1n) is 8.45. The molecule has 0 radical (unpaired) electrons. The average Bonchev–Trinajstić information content (AvgIpc) is 2.64. The molecule has 0 unspecified atom stereocenters. The number of carbonyl (C=O) groups is 3. The Balaban J connectivity index is 2.02. The molecule has 1 fully saturated rings. The van der Waals surface area contributed by atoms with Crippen LogP contribution < -0.4 is 5.73 Å². The van der Waals surface area contributed by atoms with Crippen molar-refractivity contribution < 1.29 is 36.7 Å². The molecule has 1 saturated heterocycles. The van der Waals surface area contributed by atoms with E-state index in [0.717, 1.165) is 6.07 Å². The minimum atomic E-state index is -4.71. The van der Waals surface area contributed by atoms with Crippen LogP contribution in [0.3, 0.4) is 0 Å². The normalized spacial score (nSPS) is 15.9. The maximum absolute atomic E-state index is 14.0. The van der Waals surface area contributed by atoms with Crippen molar-refractivity contribution in [1.82, 2.24) is 9.80 Å². The summed E-state index contributed by atoms with van der Waals surface area (Å²) in [6.07, 6.45) is -6.60. The highest BCUT2D eigenvalue weighted by Gasteiger charge is 2.33. The van der Waals surface area contributed by atoms with E-state index in [-0.39, 0.29) is 38.7 Å². The lowest BCUT2D eigenvalue weighted by Gasteiger charge is -2.36. The van der Waals surface area contributed by atoms with E-state index in [9.17, 15) is 31.9 Å². The van der Waals surface area contributed by atoms with Crippen molar-refractivity contribution >= 4 is 17.9 Å². The smallest absolute Gasteiger partial charge is 0.416 e. The Hall–Kier alpha value is -2.85. The lowest BCUT2D eigenvalue weighted by molar-refractivity contribution is -0.141. The van der Waals surface area contributed by atoms with Crippen LogP contribution in [-0.4, -0.2) is 60.0 Å². The zero-order chi connectivity index (χ0) is 21.1. The standard InChI is InChI=1S/C17H19F4N3O4/c1-2-13(28-16(22)27)15(26)24-7-5-23(6-8-24)14(25)11-4-3-10(9-12(11)18)17(19,20)21/h3-4,9,13H,2,5-8H2,1H3,(H2,22,27)/t13-/m0/s1. The second kappa shape index (κ2) is 8.44. The maximum Gasteiger partial charge on any atom is 0.416 e. The molecule has 1 aliphatic rings. The van der Waals surface area contributed by atoms with Gasteiger partial charge >= 0.3 is 12.3 Å². The van der Waals surface area contributed by atoms with E-state index in [2.05, 4.69) is 0 Å². The first-order valence-corrected chi connectivity index (χ1v) is 8.45. The molecule has 7 nitrogen and oxygen atoms in total. The number of amides is 3. The minimum absolute atomic E-state index is 0.0536. The summed E-state index contributed by atoms with van der Waals surface area (Å²) in [6.45, 7) is 1.95. The molecule has 0 aliphatic carbocycles. The Morgan fingerprint density at radius 3 is 2.18 bits per heavy atom. The van der Waals surface area contributed by atoms with Gasteiger partial charge in [0.25, 0.3) is 11.8 Å². The molecule has 1 aliphatic heterocycles. The Morgan fingerprint density at radius 2 is 1.71 bits per heavy atom. The predicted octanol–water partition coefficient (Wildman–Crippen LogP) is 2.00. The van der Waals surface area contributed by atoms with Crippen molar-refractivity contribution in [3.05, 3.63) is 35.1 Å². The molecular formula is C17H19F4N3O4. The predicted molar refractivity (Wildman–Crippen MR) is 88.6 cm³/mol. The number of rotatable bonds is 4. The highest BCUT2D eigenvalue weighted by Crippen LogP contribution is 2.30. The van der Waals surface area contributed by atoms with Gasteiger partial charge in [-0.2, -0.15) is 13.2 Å². The van der Waals surface area contributed by atoms with Gasteiger partial charge in [-0.3, -0.25) is 9.59 Å². The molecule has 3 amide bonds. The lowest BCUT2D eigenvalue weighted by Crippen LogP contribution is -2.53. The number of carbonyl (C=O) groups excluding carboxylic acids is 3. The fourth-order valence-electron chi connectivity index (χ4n) is 2.82. The van der Waals surface area contributed by atoms with Gasteiger partial charge in [-0.15, -0.1) is 0 Å². The molecule has 2 rings (SSSR count). The number of hydrogen-bond acceptors (Lipinski definition) is 4. The molecular weight excluding hydrogens is 386 g/mol. The molecule has 1 aromatic carbocycles. The summed E-state index contributed by atoms with van der Waals surface area (Å²) in [4.78, 5) is 38.2. The molecule has 11 heteroatoms. The minimum Gasteiger partial charge on any atom is -0.436 e. The van der Waals surface area contributed by atoms with Gasteiger partial charge in [0.05, 0.1) is 11.1 Å². The number of alkyl halides is 3. The molecule has 28 heavy (non-hydrogen) atoms. The summed E-state index contributed by atoms with van der Waals surface area (Å²) in [6, 6.07) is 1.72. The van der Waals surface area contributed by atoms with Gasteiger partial charge < -0.3 is 20.3 Å². The van der Waals surface area contributed by atoms with Crippen LogP contribution >= 0.6 is 0 Å². The lowest BCUT2D eigenvalue weighted by atomic mass is 10.1. The fourth-order valence-corrected chi connectivity index (χ4v) is 2.82. The van der Waals surface area contributed by atoms with Crippen LogP contribution in [0, 0.1) is 5.82 Å². The van der Waals surface area contributed by atoms with Crippen molar-refractivity contribution in [2.24, 2.45) is 5.73 Å². The monoisotopic (exact) mass is 405 g/mol. The van der Waals surface area contributed by atoms with Crippen LogP contribution in [0.2, 0.25) is 0 Å². The van der Waals surface area contributed by atoms with E-state index in [1.54, 1.807) is 6.92 Å². The molecule has 0 saturated carbocycles. The number of nitrogens with two attached hydrogens (primary N) is 1. The number of benzene rings is 1. The van der Waals surface area contributed by atoms with Crippen LogP contribution in [0.1, 0.15) is 29.3 Å². The van der Waals surface area contributed by atoms with Crippen LogP contribution in [0.25, 0.3) is 0 Å². The summed E-state index contributed by atoms with van der Waals surface area (Å²) in [5.41, 5.74) is 3.26. The van der Waals surface area contributed by atoms with Crippen LogP contribution in [0.5, 0.6) is 0 Å². The van der Waals surface area contributed by atoms with Crippen LogP contribution in [0.15, 0.2) is 18.2 Å². The zero-order valence-electron chi connectivity index (χ0n) is 15.0. The molecule has 1 aromatic rings. The van der Waals surface area contributed by atoms with Crippen molar-refractivity contribution in [2.75, 3.05) is 26.2 Å². The number of hydrogen-bond donors (Lipinski definition) is 1. The third-order valence-corrected chi connectivity index (χ3v) is 4.31. The molecule has 0 aromatic heterocycles. The first kappa shape index (κ1) is 21.5. The van der Waals surface area contributed by atoms with E-state index >= 15 is 0 Å². The number of ether oxygens (including phenoxy) is 1. The van der Waals surface area contributed by atoms with Crippen LogP contribution in [-0.2, 0) is 15.7 Å². The molecule has 1 heterocycles. The Labute approximate surface area is 158 Å². The maximum atomic E-state index is 14.0.